The molecular weight excluding hydrogens is 236 g/mol. The Bertz CT molecular complexity index is 393. The molecule has 14 heavy (non-hydrogen) atoms. The lowest BCUT2D eigenvalue weighted by molar-refractivity contribution is 1.46. The summed E-state index contributed by atoms with van der Waals surface area (Å²) in [4.78, 5) is 0. The number of hydrogen-bond acceptors (Lipinski definition) is 0. The molecule has 72 valence electrons. The zero-order chi connectivity index (χ0) is 9.10. The number of aryl methyl sites for hydroxylation is 1. The monoisotopic (exact) mass is 248 g/mol. The minimum atomic E-state index is 0. The first kappa shape index (κ1) is 11.0. The zero-order valence-corrected chi connectivity index (χ0v) is 9.82. The van der Waals surface area contributed by atoms with Gasteiger partial charge in [-0.15, -0.1) is 17.0 Å². The smallest absolute Gasteiger partial charge is 0.0155 e. The van der Waals surface area contributed by atoms with Gasteiger partial charge < -0.3 is 0 Å². The molecule has 0 spiro atoms. The molecular formula is C13H13Br. The molecule has 0 saturated heterocycles. The molecule has 0 radical (unpaired) electrons. The van der Waals surface area contributed by atoms with Gasteiger partial charge in [0.1, 0.15) is 0 Å². The summed E-state index contributed by atoms with van der Waals surface area (Å²) >= 11 is 0. The van der Waals surface area contributed by atoms with Gasteiger partial charge in [0.05, 0.1) is 0 Å². The molecule has 0 unspecified atom stereocenters. The summed E-state index contributed by atoms with van der Waals surface area (Å²) in [6.45, 7) is 2.14. The molecule has 0 heterocycles. The average Bonchev–Trinajstić information content (AvgIpc) is 2.20. The Hall–Kier alpha value is -1.08. The Kier molecular flexibility index (Phi) is 3.90. The van der Waals surface area contributed by atoms with Crippen molar-refractivity contribution in [2.75, 3.05) is 0 Å². The van der Waals surface area contributed by atoms with E-state index in [1.165, 1.54) is 16.7 Å². The van der Waals surface area contributed by atoms with Crippen molar-refractivity contribution in [1.82, 2.24) is 0 Å². The second-order valence-electron chi connectivity index (χ2n) is 3.18. The summed E-state index contributed by atoms with van der Waals surface area (Å²) in [6, 6.07) is 18.9. The molecule has 0 aliphatic carbocycles. The minimum Gasteiger partial charge on any atom is -0.114 e. The number of benzene rings is 2. The third-order valence-electron chi connectivity index (χ3n) is 2.23. The van der Waals surface area contributed by atoms with E-state index >= 15 is 0 Å². The molecule has 0 aliphatic heterocycles. The van der Waals surface area contributed by atoms with Gasteiger partial charge in [-0.3, -0.25) is 0 Å². The van der Waals surface area contributed by atoms with Gasteiger partial charge in [-0.1, -0.05) is 54.6 Å². The molecule has 0 bridgehead atoms. The third-order valence-corrected chi connectivity index (χ3v) is 2.23. The van der Waals surface area contributed by atoms with E-state index in [1.807, 2.05) is 6.07 Å². The van der Waals surface area contributed by atoms with Crippen LogP contribution in [-0.2, 0) is 0 Å². The molecule has 2 aromatic rings. The van der Waals surface area contributed by atoms with Crippen LogP contribution in [0.5, 0.6) is 0 Å². The van der Waals surface area contributed by atoms with Crippen LogP contribution in [0.4, 0.5) is 0 Å². The molecule has 2 aromatic carbocycles. The molecule has 0 amide bonds. The topological polar surface area (TPSA) is 0 Å². The summed E-state index contributed by atoms with van der Waals surface area (Å²) in [6.07, 6.45) is 0. The first-order chi connectivity index (χ1) is 6.38. The summed E-state index contributed by atoms with van der Waals surface area (Å²) < 4.78 is 0. The summed E-state index contributed by atoms with van der Waals surface area (Å²) in [5, 5.41) is 0. The minimum absolute atomic E-state index is 0. The van der Waals surface area contributed by atoms with E-state index in [9.17, 15) is 0 Å². The molecule has 0 fully saturated rings. The van der Waals surface area contributed by atoms with Gasteiger partial charge >= 0.3 is 0 Å². The fourth-order valence-electron chi connectivity index (χ4n) is 1.51. The third kappa shape index (κ3) is 2.24. The lowest BCUT2D eigenvalue weighted by Crippen LogP contribution is -1.80. The van der Waals surface area contributed by atoms with Crippen LogP contribution in [0.3, 0.4) is 0 Å². The maximum absolute atomic E-state index is 2.16. The van der Waals surface area contributed by atoms with E-state index in [-0.39, 0.29) is 17.0 Å². The first-order valence-corrected chi connectivity index (χ1v) is 4.49. The Morgan fingerprint density at radius 1 is 0.714 bits per heavy atom. The SMILES string of the molecule is Br.Cc1ccccc1-c1ccccc1. The van der Waals surface area contributed by atoms with E-state index in [0.717, 1.165) is 0 Å². The predicted molar refractivity (Wildman–Crippen MR) is 66.9 cm³/mol. The Balaban J connectivity index is 0.000000980. The largest absolute Gasteiger partial charge is 0.114 e. The summed E-state index contributed by atoms with van der Waals surface area (Å²) in [5.74, 6) is 0. The number of rotatable bonds is 1. The van der Waals surface area contributed by atoms with Crippen molar-refractivity contribution in [2.24, 2.45) is 0 Å². The van der Waals surface area contributed by atoms with E-state index in [0.29, 0.717) is 0 Å². The number of hydrogen-bond donors (Lipinski definition) is 0. The Morgan fingerprint density at radius 3 is 1.93 bits per heavy atom. The quantitative estimate of drug-likeness (QED) is 0.709. The summed E-state index contributed by atoms with van der Waals surface area (Å²) in [5.41, 5.74) is 3.94. The fraction of sp³-hybridized carbons (Fsp3) is 0.0769. The van der Waals surface area contributed by atoms with Crippen molar-refractivity contribution < 1.29 is 0 Å². The normalized spacial score (nSPS) is 9.21. The van der Waals surface area contributed by atoms with Gasteiger partial charge in [-0.25, -0.2) is 0 Å². The van der Waals surface area contributed by atoms with Crippen molar-refractivity contribution in [3.05, 3.63) is 60.2 Å². The van der Waals surface area contributed by atoms with E-state index in [1.54, 1.807) is 0 Å². The van der Waals surface area contributed by atoms with Gasteiger partial charge in [-0.2, -0.15) is 0 Å². The van der Waals surface area contributed by atoms with Crippen LogP contribution in [0.25, 0.3) is 11.1 Å². The highest BCUT2D eigenvalue weighted by molar-refractivity contribution is 8.93. The van der Waals surface area contributed by atoms with Crippen LogP contribution in [-0.4, -0.2) is 0 Å². The highest BCUT2D eigenvalue weighted by Crippen LogP contribution is 2.21. The second kappa shape index (κ2) is 4.97. The first-order valence-electron chi connectivity index (χ1n) is 4.49. The highest BCUT2D eigenvalue weighted by atomic mass is 79.9. The fourth-order valence-corrected chi connectivity index (χ4v) is 1.51. The van der Waals surface area contributed by atoms with Crippen molar-refractivity contribution in [3.8, 4) is 11.1 Å². The Labute approximate surface area is 95.4 Å². The lowest BCUT2D eigenvalue weighted by atomic mass is 10.0. The number of halogens is 1. The molecule has 1 heteroatoms. The van der Waals surface area contributed by atoms with Crippen LogP contribution in [0.15, 0.2) is 54.6 Å². The van der Waals surface area contributed by atoms with Crippen molar-refractivity contribution in [2.45, 2.75) is 6.92 Å². The van der Waals surface area contributed by atoms with Gasteiger partial charge in [0.15, 0.2) is 0 Å². The van der Waals surface area contributed by atoms with Gasteiger partial charge in [0.25, 0.3) is 0 Å². The second-order valence-corrected chi connectivity index (χ2v) is 3.18. The summed E-state index contributed by atoms with van der Waals surface area (Å²) in [7, 11) is 0. The van der Waals surface area contributed by atoms with Gasteiger partial charge in [0.2, 0.25) is 0 Å². The average molecular weight is 249 g/mol. The maximum Gasteiger partial charge on any atom is -0.0155 e. The van der Waals surface area contributed by atoms with Crippen molar-refractivity contribution in [3.63, 3.8) is 0 Å². The maximum atomic E-state index is 2.16. The van der Waals surface area contributed by atoms with Gasteiger partial charge in [0, 0.05) is 0 Å². The molecule has 2 rings (SSSR count). The zero-order valence-electron chi connectivity index (χ0n) is 8.10. The van der Waals surface area contributed by atoms with Crippen LogP contribution in [0, 0.1) is 6.92 Å². The van der Waals surface area contributed by atoms with Crippen LogP contribution in [0.2, 0.25) is 0 Å². The van der Waals surface area contributed by atoms with Crippen molar-refractivity contribution in [1.29, 1.82) is 0 Å². The molecule has 0 nitrogen and oxygen atoms in total. The lowest BCUT2D eigenvalue weighted by Gasteiger charge is -2.04. The van der Waals surface area contributed by atoms with Crippen LogP contribution in [0.1, 0.15) is 5.56 Å². The van der Waals surface area contributed by atoms with Crippen molar-refractivity contribution >= 4 is 17.0 Å². The van der Waals surface area contributed by atoms with Crippen LogP contribution >= 0.6 is 17.0 Å². The molecule has 0 saturated carbocycles. The highest BCUT2D eigenvalue weighted by Gasteiger charge is 1.97. The molecule has 0 N–H and O–H groups in total. The standard InChI is InChI=1S/C13H12.BrH/c1-11-7-5-6-10-13(11)12-8-3-2-4-9-12;/h2-10H,1H3;1H. The molecule has 0 aromatic heterocycles. The van der Waals surface area contributed by atoms with E-state index < -0.39 is 0 Å². The Morgan fingerprint density at radius 2 is 1.29 bits per heavy atom. The van der Waals surface area contributed by atoms with Crippen LogP contribution < -0.4 is 0 Å². The predicted octanol–water partition coefficient (Wildman–Crippen LogP) is 4.24. The molecule has 0 atom stereocenters. The van der Waals surface area contributed by atoms with E-state index in [4.69, 9.17) is 0 Å². The van der Waals surface area contributed by atoms with Gasteiger partial charge in [-0.05, 0) is 23.6 Å². The van der Waals surface area contributed by atoms with E-state index in [2.05, 4.69) is 55.5 Å². The molecule has 0 aliphatic rings.